The average molecular weight is 431 g/mol. The number of carbonyl (C=O) groups excluding carboxylic acids is 1. The molecule has 1 amide bonds. The van der Waals surface area contributed by atoms with E-state index in [0.717, 1.165) is 10.4 Å². The van der Waals surface area contributed by atoms with Gasteiger partial charge in [-0.3, -0.25) is 4.79 Å². The van der Waals surface area contributed by atoms with Gasteiger partial charge in [-0.2, -0.15) is 17.5 Å². The summed E-state index contributed by atoms with van der Waals surface area (Å²) in [5.74, 6) is -0.715. The van der Waals surface area contributed by atoms with Crippen LogP contribution >= 0.6 is 11.6 Å². The Bertz CT molecular complexity index is 769. The van der Waals surface area contributed by atoms with Gasteiger partial charge in [0.2, 0.25) is 10.0 Å². The predicted octanol–water partition coefficient (Wildman–Crippen LogP) is 3.07. The maximum atomic E-state index is 12.5. The molecular weight excluding hydrogens is 409 g/mol. The number of rotatable bonds is 8. The van der Waals surface area contributed by atoms with Crippen molar-refractivity contribution in [1.82, 2.24) is 9.62 Å². The molecule has 1 atom stereocenters. The fourth-order valence-electron chi connectivity index (χ4n) is 1.98. The SMILES string of the molecule is CC(COCC(F)(F)F)NC(=O)c1cc(S(=O)(=O)N(C)C(C)C)ccc1Cl. The number of alkyl halides is 3. The Morgan fingerprint density at radius 3 is 2.41 bits per heavy atom. The lowest BCUT2D eigenvalue weighted by Gasteiger charge is -2.21. The van der Waals surface area contributed by atoms with Gasteiger partial charge in [0, 0.05) is 19.1 Å². The molecule has 6 nitrogen and oxygen atoms in total. The van der Waals surface area contributed by atoms with E-state index in [9.17, 15) is 26.4 Å². The van der Waals surface area contributed by atoms with Crippen molar-refractivity contribution in [3.63, 3.8) is 0 Å². The van der Waals surface area contributed by atoms with Crippen LogP contribution in [-0.2, 0) is 14.8 Å². The zero-order valence-electron chi connectivity index (χ0n) is 15.3. The summed E-state index contributed by atoms with van der Waals surface area (Å²) in [5.41, 5.74) is -0.0995. The Morgan fingerprint density at radius 2 is 1.89 bits per heavy atom. The summed E-state index contributed by atoms with van der Waals surface area (Å²) in [6.45, 7) is 3.06. The first kappa shape index (κ1) is 23.7. The Balaban J connectivity index is 2.92. The number of ether oxygens (including phenoxy) is 1. The van der Waals surface area contributed by atoms with Gasteiger partial charge >= 0.3 is 6.18 Å². The molecule has 0 saturated carbocycles. The molecular formula is C16H22ClF3N2O4S. The molecule has 1 aromatic rings. The predicted molar refractivity (Wildman–Crippen MR) is 95.3 cm³/mol. The standard InChI is InChI=1S/C16H22ClF3N2O4S/c1-10(2)22(4)27(24,25)12-5-6-14(17)13(7-12)15(23)21-11(3)8-26-9-16(18,19)20/h5-7,10-11H,8-9H2,1-4H3,(H,21,23). The zero-order chi connectivity index (χ0) is 21.0. The summed E-state index contributed by atoms with van der Waals surface area (Å²) in [5, 5.41) is 2.45. The first-order valence-electron chi connectivity index (χ1n) is 7.98. The zero-order valence-corrected chi connectivity index (χ0v) is 16.9. The molecule has 0 fully saturated rings. The highest BCUT2D eigenvalue weighted by molar-refractivity contribution is 7.89. The molecule has 0 aliphatic heterocycles. The third-order valence-corrected chi connectivity index (χ3v) is 5.96. The quantitative estimate of drug-likeness (QED) is 0.687. The van der Waals surface area contributed by atoms with Gasteiger partial charge in [-0.1, -0.05) is 11.6 Å². The van der Waals surface area contributed by atoms with E-state index < -0.39 is 34.8 Å². The van der Waals surface area contributed by atoms with E-state index in [-0.39, 0.29) is 28.1 Å². The second-order valence-corrected chi connectivity index (χ2v) is 8.67. The Kier molecular flexibility index (Phi) is 8.09. The van der Waals surface area contributed by atoms with Crippen molar-refractivity contribution in [2.75, 3.05) is 20.3 Å². The van der Waals surface area contributed by atoms with Crippen molar-refractivity contribution in [3.05, 3.63) is 28.8 Å². The number of nitrogens with one attached hydrogen (secondary N) is 1. The molecule has 1 aromatic carbocycles. The summed E-state index contributed by atoms with van der Waals surface area (Å²) in [7, 11) is -2.41. The van der Waals surface area contributed by atoms with Gasteiger partial charge in [-0.05, 0) is 39.0 Å². The van der Waals surface area contributed by atoms with Gasteiger partial charge in [0.1, 0.15) is 6.61 Å². The lowest BCUT2D eigenvalue weighted by molar-refractivity contribution is -0.174. The van der Waals surface area contributed by atoms with Crippen LogP contribution in [0, 0.1) is 0 Å². The van der Waals surface area contributed by atoms with Crippen LogP contribution in [0.1, 0.15) is 31.1 Å². The highest BCUT2D eigenvalue weighted by atomic mass is 35.5. The van der Waals surface area contributed by atoms with Crippen LogP contribution in [0.3, 0.4) is 0 Å². The number of amides is 1. The molecule has 154 valence electrons. The van der Waals surface area contributed by atoms with E-state index in [2.05, 4.69) is 10.1 Å². The maximum Gasteiger partial charge on any atom is 0.411 e. The molecule has 1 rings (SSSR count). The van der Waals surface area contributed by atoms with Crippen LogP contribution in [0.5, 0.6) is 0 Å². The molecule has 0 aliphatic rings. The van der Waals surface area contributed by atoms with Crippen LogP contribution in [0.25, 0.3) is 0 Å². The Hall–Kier alpha value is -1.36. The highest BCUT2D eigenvalue weighted by Gasteiger charge is 2.28. The smallest absolute Gasteiger partial charge is 0.370 e. The number of nitrogens with zero attached hydrogens (tertiary/aromatic N) is 1. The normalized spacial score (nSPS) is 13.9. The second kappa shape index (κ2) is 9.22. The van der Waals surface area contributed by atoms with E-state index in [4.69, 9.17) is 11.6 Å². The third kappa shape index (κ3) is 6.95. The van der Waals surface area contributed by atoms with Gasteiger partial charge in [-0.25, -0.2) is 8.42 Å². The van der Waals surface area contributed by atoms with Crippen molar-refractivity contribution in [3.8, 4) is 0 Å². The van der Waals surface area contributed by atoms with E-state index in [1.54, 1.807) is 13.8 Å². The van der Waals surface area contributed by atoms with Gasteiger partial charge < -0.3 is 10.1 Å². The molecule has 0 radical (unpaired) electrons. The number of carbonyl (C=O) groups is 1. The summed E-state index contributed by atoms with van der Waals surface area (Å²) >= 11 is 5.98. The molecule has 1 unspecified atom stereocenters. The van der Waals surface area contributed by atoms with Crippen molar-refractivity contribution in [2.45, 2.75) is 43.9 Å². The van der Waals surface area contributed by atoms with Crippen LogP contribution in [0.15, 0.2) is 23.1 Å². The van der Waals surface area contributed by atoms with Crippen molar-refractivity contribution in [2.24, 2.45) is 0 Å². The highest BCUT2D eigenvalue weighted by Crippen LogP contribution is 2.23. The number of benzene rings is 1. The summed E-state index contributed by atoms with van der Waals surface area (Å²) in [6.07, 6.45) is -4.46. The molecule has 0 heterocycles. The molecule has 0 saturated heterocycles. The molecule has 1 N–H and O–H groups in total. The molecule has 27 heavy (non-hydrogen) atoms. The number of halogens is 4. The van der Waals surface area contributed by atoms with Crippen molar-refractivity contribution in [1.29, 1.82) is 0 Å². The second-order valence-electron chi connectivity index (χ2n) is 6.26. The maximum absolute atomic E-state index is 12.5. The summed E-state index contributed by atoms with van der Waals surface area (Å²) in [6, 6.07) is 2.66. The lowest BCUT2D eigenvalue weighted by Crippen LogP contribution is -2.37. The molecule has 0 aromatic heterocycles. The largest absolute Gasteiger partial charge is 0.411 e. The van der Waals surface area contributed by atoms with E-state index >= 15 is 0 Å². The van der Waals surface area contributed by atoms with Crippen LogP contribution in [-0.4, -0.2) is 57.2 Å². The number of sulfonamides is 1. The minimum absolute atomic E-state index is 0.0158. The van der Waals surface area contributed by atoms with E-state index in [1.165, 1.54) is 26.1 Å². The Labute approximate surface area is 161 Å². The molecule has 0 aliphatic carbocycles. The first-order chi connectivity index (χ1) is 12.3. The average Bonchev–Trinajstić information content (AvgIpc) is 2.52. The minimum Gasteiger partial charge on any atom is -0.370 e. The monoisotopic (exact) mass is 430 g/mol. The van der Waals surface area contributed by atoms with Gasteiger partial charge in [-0.15, -0.1) is 0 Å². The minimum atomic E-state index is -4.46. The van der Waals surface area contributed by atoms with Crippen LogP contribution in [0.4, 0.5) is 13.2 Å². The van der Waals surface area contributed by atoms with E-state index in [0.29, 0.717) is 0 Å². The first-order valence-corrected chi connectivity index (χ1v) is 9.80. The van der Waals surface area contributed by atoms with E-state index in [1.807, 2.05) is 0 Å². The van der Waals surface area contributed by atoms with Crippen molar-refractivity contribution >= 4 is 27.5 Å². The molecule has 11 heteroatoms. The fraction of sp³-hybridized carbons (Fsp3) is 0.562. The lowest BCUT2D eigenvalue weighted by atomic mass is 10.2. The van der Waals surface area contributed by atoms with Gasteiger partial charge in [0.25, 0.3) is 5.91 Å². The summed E-state index contributed by atoms with van der Waals surface area (Å²) < 4.78 is 66.9. The van der Waals surface area contributed by atoms with Crippen LogP contribution in [0.2, 0.25) is 5.02 Å². The van der Waals surface area contributed by atoms with Crippen molar-refractivity contribution < 1.29 is 31.1 Å². The number of hydrogen-bond acceptors (Lipinski definition) is 4. The summed E-state index contributed by atoms with van der Waals surface area (Å²) in [4.78, 5) is 12.2. The Morgan fingerprint density at radius 1 is 1.30 bits per heavy atom. The van der Waals surface area contributed by atoms with Crippen LogP contribution < -0.4 is 5.32 Å². The van der Waals surface area contributed by atoms with Gasteiger partial charge in [0.15, 0.2) is 0 Å². The fourth-order valence-corrected chi connectivity index (χ4v) is 3.58. The van der Waals surface area contributed by atoms with Gasteiger partial charge in [0.05, 0.1) is 22.1 Å². The number of hydrogen-bond donors (Lipinski definition) is 1. The third-order valence-electron chi connectivity index (χ3n) is 3.60. The molecule has 0 bridgehead atoms. The topological polar surface area (TPSA) is 75.7 Å². The molecule has 0 spiro atoms.